The van der Waals surface area contributed by atoms with Crippen molar-refractivity contribution in [2.75, 3.05) is 13.7 Å². The summed E-state index contributed by atoms with van der Waals surface area (Å²) in [4.78, 5) is 36.0. The molecule has 6 nitrogen and oxygen atoms in total. The van der Waals surface area contributed by atoms with E-state index in [0.717, 1.165) is 9.13 Å². The van der Waals surface area contributed by atoms with Gasteiger partial charge in [0.25, 0.3) is 5.91 Å². The van der Waals surface area contributed by atoms with Crippen molar-refractivity contribution in [2.45, 2.75) is 12.5 Å². The van der Waals surface area contributed by atoms with E-state index in [-0.39, 0.29) is 12.5 Å². The molecule has 0 unspecified atom stereocenters. The van der Waals surface area contributed by atoms with Crippen LogP contribution >= 0.6 is 22.6 Å². The molecule has 2 aromatic rings. The Morgan fingerprint density at radius 1 is 1.04 bits per heavy atom. The van der Waals surface area contributed by atoms with Crippen molar-refractivity contribution >= 4 is 40.4 Å². The molecular formula is C19H19IN2O4. The summed E-state index contributed by atoms with van der Waals surface area (Å²) in [7, 11) is 1.27. The highest BCUT2D eigenvalue weighted by molar-refractivity contribution is 14.1. The highest BCUT2D eigenvalue weighted by Crippen LogP contribution is 2.09. The Morgan fingerprint density at radius 3 is 2.31 bits per heavy atom. The Balaban J connectivity index is 1.92. The first-order valence-corrected chi connectivity index (χ1v) is 9.02. The number of carbonyl (C=O) groups is 3. The van der Waals surface area contributed by atoms with Gasteiger partial charge in [-0.3, -0.25) is 9.59 Å². The zero-order chi connectivity index (χ0) is 18.9. The fourth-order valence-corrected chi connectivity index (χ4v) is 2.65. The maximum absolute atomic E-state index is 12.1. The first-order valence-electron chi connectivity index (χ1n) is 7.94. The summed E-state index contributed by atoms with van der Waals surface area (Å²) in [5, 5.41) is 5.14. The average Bonchev–Trinajstić information content (AvgIpc) is 2.67. The quantitative estimate of drug-likeness (QED) is 0.483. The standard InChI is InChI=1S/C19H19IN2O4/c1-26-19(25)16(11-13-7-9-15(20)10-8-13)22-17(23)12-21-18(24)14-5-3-2-4-6-14/h2-10,16H,11-12H2,1H3,(H,21,24)(H,22,23)/t16-/m1/s1. The number of carbonyl (C=O) groups excluding carboxylic acids is 3. The topological polar surface area (TPSA) is 84.5 Å². The Kier molecular flexibility index (Phi) is 7.58. The van der Waals surface area contributed by atoms with Gasteiger partial charge in [-0.1, -0.05) is 30.3 Å². The van der Waals surface area contributed by atoms with E-state index in [1.165, 1.54) is 7.11 Å². The van der Waals surface area contributed by atoms with Gasteiger partial charge < -0.3 is 15.4 Å². The molecule has 0 saturated carbocycles. The number of ether oxygens (including phenoxy) is 1. The van der Waals surface area contributed by atoms with Crippen LogP contribution in [-0.2, 0) is 20.7 Å². The number of esters is 1. The number of halogens is 1. The van der Waals surface area contributed by atoms with Crippen molar-refractivity contribution in [3.63, 3.8) is 0 Å². The molecule has 1 atom stereocenters. The van der Waals surface area contributed by atoms with E-state index in [0.29, 0.717) is 12.0 Å². The van der Waals surface area contributed by atoms with Gasteiger partial charge in [-0.25, -0.2) is 4.79 Å². The largest absolute Gasteiger partial charge is 0.467 e. The van der Waals surface area contributed by atoms with Crippen LogP contribution in [0.4, 0.5) is 0 Å². The Morgan fingerprint density at radius 2 is 1.69 bits per heavy atom. The molecule has 0 fully saturated rings. The molecule has 0 aliphatic rings. The van der Waals surface area contributed by atoms with E-state index in [1.807, 2.05) is 24.3 Å². The Bertz CT molecular complexity index is 763. The minimum atomic E-state index is -0.818. The molecule has 0 saturated heterocycles. The van der Waals surface area contributed by atoms with Crippen LogP contribution in [0.1, 0.15) is 15.9 Å². The number of rotatable bonds is 7. The van der Waals surface area contributed by atoms with E-state index in [2.05, 4.69) is 33.2 Å². The maximum atomic E-state index is 12.1. The van der Waals surface area contributed by atoms with Gasteiger partial charge in [-0.15, -0.1) is 0 Å². The van der Waals surface area contributed by atoms with Crippen LogP contribution in [0.5, 0.6) is 0 Å². The van der Waals surface area contributed by atoms with E-state index in [9.17, 15) is 14.4 Å². The normalized spacial score (nSPS) is 11.3. The third kappa shape index (κ3) is 6.14. The SMILES string of the molecule is COC(=O)[C@@H](Cc1ccc(I)cc1)NC(=O)CNC(=O)c1ccccc1. The molecule has 0 aromatic heterocycles. The molecule has 0 aliphatic carbocycles. The van der Waals surface area contributed by atoms with Crippen LogP contribution < -0.4 is 10.6 Å². The fourth-order valence-electron chi connectivity index (χ4n) is 2.29. The molecule has 2 amide bonds. The van der Waals surface area contributed by atoms with Gasteiger partial charge in [-0.05, 0) is 52.4 Å². The van der Waals surface area contributed by atoms with Crippen molar-refractivity contribution in [2.24, 2.45) is 0 Å². The highest BCUT2D eigenvalue weighted by Gasteiger charge is 2.22. The van der Waals surface area contributed by atoms with Crippen molar-refractivity contribution < 1.29 is 19.1 Å². The second-order valence-corrected chi connectivity index (χ2v) is 6.77. The molecule has 0 aliphatic heterocycles. The molecule has 2 aromatic carbocycles. The number of benzene rings is 2. The zero-order valence-corrected chi connectivity index (χ0v) is 16.4. The number of nitrogens with one attached hydrogen (secondary N) is 2. The Hall–Kier alpha value is -2.42. The Labute approximate surface area is 165 Å². The van der Waals surface area contributed by atoms with Crippen LogP contribution in [0.3, 0.4) is 0 Å². The maximum Gasteiger partial charge on any atom is 0.328 e. The lowest BCUT2D eigenvalue weighted by Crippen LogP contribution is -2.47. The van der Waals surface area contributed by atoms with Crippen LogP contribution in [0.2, 0.25) is 0 Å². The number of hydrogen-bond donors (Lipinski definition) is 2. The molecule has 7 heteroatoms. The zero-order valence-electron chi connectivity index (χ0n) is 14.2. The molecular weight excluding hydrogens is 447 g/mol. The van der Waals surface area contributed by atoms with Crippen molar-refractivity contribution in [1.29, 1.82) is 0 Å². The third-order valence-corrected chi connectivity index (χ3v) is 4.34. The van der Waals surface area contributed by atoms with E-state index in [1.54, 1.807) is 30.3 Å². The number of hydrogen-bond acceptors (Lipinski definition) is 4. The second kappa shape index (κ2) is 9.91. The molecule has 0 bridgehead atoms. The average molecular weight is 466 g/mol. The number of methoxy groups -OCH3 is 1. The molecule has 0 radical (unpaired) electrons. The molecule has 26 heavy (non-hydrogen) atoms. The minimum Gasteiger partial charge on any atom is -0.467 e. The highest BCUT2D eigenvalue weighted by atomic mass is 127. The first kappa shape index (κ1) is 19.9. The monoisotopic (exact) mass is 466 g/mol. The van der Waals surface area contributed by atoms with Gasteiger partial charge in [0, 0.05) is 15.6 Å². The molecule has 0 heterocycles. The lowest BCUT2D eigenvalue weighted by molar-refractivity contribution is -0.144. The van der Waals surface area contributed by atoms with Crippen LogP contribution in [0.15, 0.2) is 54.6 Å². The lowest BCUT2D eigenvalue weighted by Gasteiger charge is -2.17. The van der Waals surface area contributed by atoms with Crippen LogP contribution in [0, 0.1) is 3.57 Å². The van der Waals surface area contributed by atoms with Crippen molar-refractivity contribution in [3.05, 3.63) is 69.3 Å². The van der Waals surface area contributed by atoms with Crippen LogP contribution in [0.25, 0.3) is 0 Å². The van der Waals surface area contributed by atoms with E-state index in [4.69, 9.17) is 4.74 Å². The fraction of sp³-hybridized carbons (Fsp3) is 0.211. The van der Waals surface area contributed by atoms with Crippen molar-refractivity contribution in [1.82, 2.24) is 10.6 Å². The summed E-state index contributed by atoms with van der Waals surface area (Å²) >= 11 is 2.19. The van der Waals surface area contributed by atoms with Gasteiger partial charge >= 0.3 is 5.97 Å². The van der Waals surface area contributed by atoms with Gasteiger partial charge in [0.2, 0.25) is 5.91 Å². The minimum absolute atomic E-state index is 0.228. The predicted molar refractivity (Wildman–Crippen MR) is 106 cm³/mol. The van der Waals surface area contributed by atoms with Gasteiger partial charge in [0.05, 0.1) is 13.7 Å². The summed E-state index contributed by atoms with van der Waals surface area (Å²) in [6.07, 6.45) is 0.308. The number of amides is 2. The molecule has 136 valence electrons. The summed E-state index contributed by atoms with van der Waals surface area (Å²) in [5.41, 5.74) is 1.36. The molecule has 0 spiro atoms. The lowest BCUT2D eigenvalue weighted by atomic mass is 10.1. The first-order chi connectivity index (χ1) is 12.5. The summed E-state index contributed by atoms with van der Waals surface area (Å²) in [6.45, 7) is -0.228. The third-order valence-electron chi connectivity index (χ3n) is 3.62. The summed E-state index contributed by atoms with van der Waals surface area (Å²) in [6, 6.07) is 15.4. The van der Waals surface area contributed by atoms with Crippen molar-refractivity contribution in [3.8, 4) is 0 Å². The van der Waals surface area contributed by atoms with E-state index >= 15 is 0 Å². The summed E-state index contributed by atoms with van der Waals surface area (Å²) < 4.78 is 5.84. The van der Waals surface area contributed by atoms with Gasteiger partial charge in [0.15, 0.2) is 0 Å². The molecule has 2 N–H and O–H groups in total. The van der Waals surface area contributed by atoms with E-state index < -0.39 is 17.9 Å². The smallest absolute Gasteiger partial charge is 0.328 e. The second-order valence-electron chi connectivity index (χ2n) is 5.52. The van der Waals surface area contributed by atoms with Gasteiger partial charge in [-0.2, -0.15) is 0 Å². The predicted octanol–water partition coefficient (Wildman–Crippen LogP) is 1.92. The summed E-state index contributed by atoms with van der Waals surface area (Å²) in [5.74, 6) is -1.35. The molecule has 2 rings (SSSR count). The van der Waals surface area contributed by atoms with Gasteiger partial charge in [0.1, 0.15) is 6.04 Å². The van der Waals surface area contributed by atoms with Crippen LogP contribution in [-0.4, -0.2) is 37.5 Å².